The molecule has 0 bridgehead atoms. The van der Waals surface area contributed by atoms with E-state index in [0.29, 0.717) is 0 Å². The third kappa shape index (κ3) is 1.07. The zero-order valence-corrected chi connectivity index (χ0v) is 9.62. The van der Waals surface area contributed by atoms with Gasteiger partial charge < -0.3 is 0 Å². The molecule has 0 amide bonds. The maximum Gasteiger partial charge on any atom is -0.00237 e. The van der Waals surface area contributed by atoms with Gasteiger partial charge in [0.2, 0.25) is 0 Å². The Morgan fingerprint density at radius 2 is 1.47 bits per heavy atom. The van der Waals surface area contributed by atoms with Crippen LogP contribution in [-0.4, -0.2) is 0 Å². The van der Waals surface area contributed by atoms with Crippen molar-refractivity contribution in [1.82, 2.24) is 0 Å². The van der Waals surface area contributed by atoms with Crippen molar-refractivity contribution in [3.05, 3.63) is 60.2 Å². The molecule has 4 rings (SSSR count). The summed E-state index contributed by atoms with van der Waals surface area (Å²) < 4.78 is 0. The molecule has 0 aliphatic carbocycles. The minimum atomic E-state index is 1.23. The molecule has 0 aromatic heterocycles. The molecule has 0 aliphatic rings. The summed E-state index contributed by atoms with van der Waals surface area (Å²) in [6.45, 7) is 2.13. The highest BCUT2D eigenvalue weighted by Gasteiger charge is 2.08. The Kier molecular flexibility index (Phi) is 1.58. The maximum atomic E-state index is 3.34. The van der Waals surface area contributed by atoms with Gasteiger partial charge in [0.1, 0.15) is 0 Å². The largest absolute Gasteiger partial charge is 0.0610 e. The van der Waals surface area contributed by atoms with Gasteiger partial charge in [0.15, 0.2) is 0 Å². The second kappa shape index (κ2) is 2.98. The standard InChI is InChI=1S/C17H11/c1-11-5-6-14-8-7-12-3-2-4-13-9-10-15(11)17(14)16(12)13/h2-4,6-10H,1H3. The van der Waals surface area contributed by atoms with Crippen LogP contribution in [0.25, 0.3) is 32.3 Å². The monoisotopic (exact) mass is 215 g/mol. The number of hydrogen-bond acceptors (Lipinski definition) is 0. The highest BCUT2D eigenvalue weighted by molar-refractivity contribution is 6.23. The number of hydrogen-bond donors (Lipinski definition) is 0. The van der Waals surface area contributed by atoms with Gasteiger partial charge in [-0.2, -0.15) is 0 Å². The van der Waals surface area contributed by atoms with E-state index in [9.17, 15) is 0 Å². The minimum Gasteiger partial charge on any atom is -0.0610 e. The SMILES string of the molecule is Cc1[c]cc2ccc3cccc4ccc1c2c34. The third-order valence-corrected chi connectivity index (χ3v) is 3.66. The average Bonchev–Trinajstić information content (AvgIpc) is 2.38. The summed E-state index contributed by atoms with van der Waals surface area (Å²) in [7, 11) is 0. The lowest BCUT2D eigenvalue weighted by Crippen LogP contribution is -1.85. The van der Waals surface area contributed by atoms with E-state index in [1.54, 1.807) is 0 Å². The van der Waals surface area contributed by atoms with Crippen molar-refractivity contribution in [2.24, 2.45) is 0 Å². The van der Waals surface area contributed by atoms with Gasteiger partial charge in [-0.25, -0.2) is 0 Å². The summed E-state index contributed by atoms with van der Waals surface area (Å²) in [6, 6.07) is 20.8. The fourth-order valence-corrected chi connectivity index (χ4v) is 2.81. The van der Waals surface area contributed by atoms with E-state index in [1.165, 1.54) is 37.9 Å². The van der Waals surface area contributed by atoms with Crippen LogP contribution in [0.15, 0.2) is 48.5 Å². The molecule has 0 N–H and O–H groups in total. The molecule has 79 valence electrons. The fraction of sp³-hybridized carbons (Fsp3) is 0.0588. The summed E-state index contributed by atoms with van der Waals surface area (Å²) >= 11 is 0. The van der Waals surface area contributed by atoms with E-state index in [2.05, 4.69) is 61.5 Å². The van der Waals surface area contributed by atoms with Crippen LogP contribution in [0.5, 0.6) is 0 Å². The first kappa shape index (κ1) is 9.00. The van der Waals surface area contributed by atoms with Crippen LogP contribution in [0.4, 0.5) is 0 Å². The molecule has 17 heavy (non-hydrogen) atoms. The Hall–Kier alpha value is -2.08. The Morgan fingerprint density at radius 3 is 2.29 bits per heavy atom. The van der Waals surface area contributed by atoms with Crippen molar-refractivity contribution in [2.45, 2.75) is 6.92 Å². The van der Waals surface area contributed by atoms with Crippen LogP contribution >= 0.6 is 0 Å². The predicted molar refractivity (Wildman–Crippen MR) is 73.7 cm³/mol. The molecular formula is C17H11. The van der Waals surface area contributed by atoms with E-state index in [0.717, 1.165) is 0 Å². The van der Waals surface area contributed by atoms with Crippen molar-refractivity contribution in [3.8, 4) is 0 Å². The van der Waals surface area contributed by atoms with Crippen molar-refractivity contribution in [3.63, 3.8) is 0 Å². The Morgan fingerprint density at radius 1 is 0.765 bits per heavy atom. The van der Waals surface area contributed by atoms with E-state index in [-0.39, 0.29) is 0 Å². The Labute approximate surface area is 99.8 Å². The fourth-order valence-electron chi connectivity index (χ4n) is 2.81. The van der Waals surface area contributed by atoms with E-state index < -0.39 is 0 Å². The highest BCUT2D eigenvalue weighted by atomic mass is 14.1. The zero-order chi connectivity index (χ0) is 11.4. The second-order valence-corrected chi connectivity index (χ2v) is 4.64. The topological polar surface area (TPSA) is 0 Å². The van der Waals surface area contributed by atoms with Gasteiger partial charge in [0, 0.05) is 0 Å². The molecule has 0 aliphatic heterocycles. The first-order chi connectivity index (χ1) is 8.34. The number of rotatable bonds is 0. The van der Waals surface area contributed by atoms with Gasteiger partial charge in [-0.15, -0.1) is 0 Å². The van der Waals surface area contributed by atoms with Crippen molar-refractivity contribution >= 4 is 32.3 Å². The van der Waals surface area contributed by atoms with Crippen LogP contribution in [-0.2, 0) is 0 Å². The highest BCUT2D eigenvalue weighted by Crippen LogP contribution is 2.35. The Bertz CT molecular complexity index is 824. The maximum absolute atomic E-state index is 3.34. The molecule has 4 aromatic rings. The summed E-state index contributed by atoms with van der Waals surface area (Å²) in [5.74, 6) is 0. The van der Waals surface area contributed by atoms with Gasteiger partial charge in [0.25, 0.3) is 0 Å². The van der Waals surface area contributed by atoms with Gasteiger partial charge in [0.05, 0.1) is 0 Å². The molecule has 4 aromatic carbocycles. The van der Waals surface area contributed by atoms with E-state index in [1.807, 2.05) is 0 Å². The molecule has 0 heterocycles. The van der Waals surface area contributed by atoms with Crippen molar-refractivity contribution < 1.29 is 0 Å². The summed E-state index contributed by atoms with van der Waals surface area (Å²) in [5, 5.41) is 8.04. The predicted octanol–water partition coefficient (Wildman–Crippen LogP) is 4.69. The molecule has 0 nitrogen and oxygen atoms in total. The van der Waals surface area contributed by atoms with Crippen molar-refractivity contribution in [1.29, 1.82) is 0 Å². The zero-order valence-electron chi connectivity index (χ0n) is 9.62. The molecule has 1 radical (unpaired) electrons. The van der Waals surface area contributed by atoms with Gasteiger partial charge in [-0.1, -0.05) is 42.5 Å². The molecular weight excluding hydrogens is 204 g/mol. The summed E-state index contributed by atoms with van der Waals surface area (Å²) in [4.78, 5) is 0. The lowest BCUT2D eigenvalue weighted by Gasteiger charge is -2.11. The molecule has 0 heteroatoms. The Balaban J connectivity index is 2.48. The average molecular weight is 215 g/mol. The first-order valence-electron chi connectivity index (χ1n) is 5.89. The smallest absolute Gasteiger partial charge is 0.00237 e. The quantitative estimate of drug-likeness (QED) is 0.373. The first-order valence-corrected chi connectivity index (χ1v) is 5.89. The van der Waals surface area contributed by atoms with Crippen LogP contribution in [0.3, 0.4) is 0 Å². The van der Waals surface area contributed by atoms with Gasteiger partial charge in [-0.05, 0) is 56.9 Å². The number of benzene rings is 4. The summed E-state index contributed by atoms with van der Waals surface area (Å²) in [5.41, 5.74) is 1.23. The van der Waals surface area contributed by atoms with Crippen LogP contribution in [0.2, 0.25) is 0 Å². The van der Waals surface area contributed by atoms with Gasteiger partial charge >= 0.3 is 0 Å². The van der Waals surface area contributed by atoms with Gasteiger partial charge in [-0.3, -0.25) is 0 Å². The molecule has 0 atom stereocenters. The van der Waals surface area contributed by atoms with Crippen LogP contribution in [0.1, 0.15) is 5.56 Å². The van der Waals surface area contributed by atoms with Crippen LogP contribution in [0, 0.1) is 13.0 Å². The minimum absolute atomic E-state index is 1.23. The molecule has 0 saturated heterocycles. The second-order valence-electron chi connectivity index (χ2n) is 4.64. The van der Waals surface area contributed by atoms with E-state index in [4.69, 9.17) is 0 Å². The van der Waals surface area contributed by atoms with Crippen LogP contribution < -0.4 is 0 Å². The molecule has 0 unspecified atom stereocenters. The molecule has 0 spiro atoms. The lowest BCUT2D eigenvalue weighted by molar-refractivity contribution is 1.53. The number of aryl methyl sites for hydroxylation is 1. The van der Waals surface area contributed by atoms with Crippen molar-refractivity contribution in [2.75, 3.05) is 0 Å². The normalized spacial score (nSPS) is 11.8. The molecule has 0 fully saturated rings. The third-order valence-electron chi connectivity index (χ3n) is 3.66. The molecule has 0 saturated carbocycles. The summed E-state index contributed by atoms with van der Waals surface area (Å²) in [6.07, 6.45) is 0. The van der Waals surface area contributed by atoms with E-state index >= 15 is 0 Å². The lowest BCUT2D eigenvalue weighted by atomic mass is 9.92.